The summed E-state index contributed by atoms with van der Waals surface area (Å²) in [6.07, 6.45) is -0.109. The third kappa shape index (κ3) is 7.25. The van der Waals surface area contributed by atoms with Crippen molar-refractivity contribution in [2.75, 3.05) is 4.72 Å². The van der Waals surface area contributed by atoms with Crippen molar-refractivity contribution >= 4 is 34.4 Å². The number of nitrogens with zero attached hydrogens (tertiary/aromatic N) is 1. The molecule has 4 N–H and O–H groups in total. The highest BCUT2D eigenvalue weighted by Crippen LogP contribution is 2.24. The molecule has 0 fully saturated rings. The van der Waals surface area contributed by atoms with Crippen LogP contribution in [-0.2, 0) is 29.0 Å². The minimum Gasteiger partial charge on any atom is -0.444 e. The van der Waals surface area contributed by atoms with Gasteiger partial charge in [0.15, 0.2) is 0 Å². The zero-order valence-corrected chi connectivity index (χ0v) is 16.9. The summed E-state index contributed by atoms with van der Waals surface area (Å²) in [5, 5.41) is 14.5. The summed E-state index contributed by atoms with van der Waals surface area (Å²) in [7, 11) is 0. The SMILES string of the molecule is CC(C)(C)OC(=O)N[C@@H](Cc1ccc(NS(=O)O)cc1)c1nc(CO)cs1. The van der Waals surface area contributed by atoms with E-state index in [1.165, 1.54) is 11.3 Å². The number of amides is 1. The Balaban J connectivity index is 2.16. The molecule has 2 atom stereocenters. The molecule has 0 spiro atoms. The third-order valence-electron chi connectivity index (χ3n) is 3.32. The Labute approximate surface area is 164 Å². The van der Waals surface area contributed by atoms with Crippen LogP contribution in [0.1, 0.15) is 43.1 Å². The summed E-state index contributed by atoms with van der Waals surface area (Å²) in [6, 6.07) is 6.50. The monoisotopic (exact) mass is 413 g/mol. The molecule has 2 aromatic rings. The second kappa shape index (κ2) is 9.27. The van der Waals surface area contributed by atoms with Crippen LogP contribution in [-0.4, -0.2) is 30.5 Å². The number of anilines is 1. The predicted molar refractivity (Wildman–Crippen MR) is 105 cm³/mol. The van der Waals surface area contributed by atoms with Crippen molar-refractivity contribution in [3.8, 4) is 0 Å². The highest BCUT2D eigenvalue weighted by atomic mass is 32.2. The number of aliphatic hydroxyl groups is 1. The third-order valence-corrected chi connectivity index (χ3v) is 4.74. The molecule has 0 radical (unpaired) electrons. The van der Waals surface area contributed by atoms with Crippen molar-refractivity contribution in [1.82, 2.24) is 10.3 Å². The van der Waals surface area contributed by atoms with Crippen LogP contribution in [0.25, 0.3) is 0 Å². The van der Waals surface area contributed by atoms with E-state index in [2.05, 4.69) is 15.0 Å². The van der Waals surface area contributed by atoms with Crippen molar-refractivity contribution in [3.05, 3.63) is 45.9 Å². The Bertz CT molecular complexity index is 787. The number of aliphatic hydroxyl groups excluding tert-OH is 1. The Morgan fingerprint density at radius 1 is 1.33 bits per heavy atom. The standard InChI is InChI=1S/C17H23N3O5S2/c1-17(2,3)25-16(22)19-14(15-18-13(9-21)10-26-15)8-11-4-6-12(7-5-11)20-27(23)24/h4-7,10,14,20-21H,8-9H2,1-3H3,(H,19,22)(H,23,24)/t14-/m0/s1. The van der Waals surface area contributed by atoms with Crippen LogP contribution in [0.5, 0.6) is 0 Å². The van der Waals surface area contributed by atoms with E-state index in [4.69, 9.17) is 9.29 Å². The lowest BCUT2D eigenvalue weighted by Crippen LogP contribution is -2.35. The van der Waals surface area contributed by atoms with Crippen LogP contribution in [0.2, 0.25) is 0 Å². The first-order valence-electron chi connectivity index (χ1n) is 8.17. The largest absolute Gasteiger partial charge is 0.444 e. The van der Waals surface area contributed by atoms with E-state index < -0.39 is 29.0 Å². The lowest BCUT2D eigenvalue weighted by molar-refractivity contribution is 0.0503. The van der Waals surface area contributed by atoms with E-state index in [1.54, 1.807) is 50.4 Å². The average Bonchev–Trinajstić information content (AvgIpc) is 3.03. The van der Waals surface area contributed by atoms with Crippen molar-refractivity contribution in [2.45, 2.75) is 45.4 Å². The summed E-state index contributed by atoms with van der Waals surface area (Å²) in [5.74, 6) is 0. The molecule has 1 amide bonds. The lowest BCUT2D eigenvalue weighted by Gasteiger charge is -2.23. The van der Waals surface area contributed by atoms with Crippen LogP contribution in [0, 0.1) is 0 Å². The molecule has 148 valence electrons. The zero-order valence-electron chi connectivity index (χ0n) is 15.3. The number of hydrogen-bond donors (Lipinski definition) is 4. The molecule has 1 unspecified atom stereocenters. The van der Waals surface area contributed by atoms with Gasteiger partial charge in [-0.15, -0.1) is 11.3 Å². The molecule has 1 aromatic heterocycles. The molecule has 1 heterocycles. The average molecular weight is 414 g/mol. The first kappa shape index (κ1) is 21.3. The van der Waals surface area contributed by atoms with E-state index in [0.29, 0.717) is 22.8 Å². The molecule has 1 aromatic carbocycles. The van der Waals surface area contributed by atoms with Crippen molar-refractivity contribution in [3.63, 3.8) is 0 Å². The summed E-state index contributed by atoms with van der Waals surface area (Å²) < 4.78 is 27.4. The number of benzene rings is 1. The number of thiazole rings is 1. The maximum atomic E-state index is 12.2. The molecule has 0 aliphatic carbocycles. The number of rotatable bonds is 7. The number of carbonyl (C=O) groups excluding carboxylic acids is 1. The van der Waals surface area contributed by atoms with Gasteiger partial charge in [0.05, 0.1) is 18.3 Å². The van der Waals surface area contributed by atoms with Crippen molar-refractivity contribution in [1.29, 1.82) is 0 Å². The van der Waals surface area contributed by atoms with E-state index in [0.717, 1.165) is 5.56 Å². The Morgan fingerprint density at radius 3 is 2.52 bits per heavy atom. The van der Waals surface area contributed by atoms with Crippen LogP contribution in [0.3, 0.4) is 0 Å². The van der Waals surface area contributed by atoms with Crippen molar-refractivity contribution < 1.29 is 23.4 Å². The molecular weight excluding hydrogens is 390 g/mol. The summed E-state index contributed by atoms with van der Waals surface area (Å²) >= 11 is -0.789. The van der Waals surface area contributed by atoms with Gasteiger partial charge in [0, 0.05) is 11.1 Å². The van der Waals surface area contributed by atoms with Gasteiger partial charge in [0.2, 0.25) is 0 Å². The summed E-state index contributed by atoms with van der Waals surface area (Å²) in [6.45, 7) is 5.18. The van der Waals surface area contributed by atoms with Gasteiger partial charge in [-0.25, -0.2) is 14.0 Å². The van der Waals surface area contributed by atoms with Crippen LogP contribution < -0.4 is 10.0 Å². The summed E-state index contributed by atoms with van der Waals surface area (Å²) in [5.41, 5.74) is 1.32. The van der Waals surface area contributed by atoms with Crippen LogP contribution in [0.4, 0.5) is 10.5 Å². The molecule has 10 heteroatoms. The minimum atomic E-state index is -2.14. The maximum absolute atomic E-state index is 12.2. The van der Waals surface area contributed by atoms with Gasteiger partial charge < -0.3 is 15.2 Å². The Hall–Kier alpha value is -2.01. The number of nitrogens with one attached hydrogen (secondary N) is 2. The van der Waals surface area contributed by atoms with Gasteiger partial charge in [-0.05, 0) is 44.9 Å². The number of ether oxygens (including phenoxy) is 1. The molecule has 0 aliphatic heterocycles. The molecule has 2 rings (SSSR count). The van der Waals surface area contributed by atoms with Crippen LogP contribution >= 0.6 is 11.3 Å². The number of carbonyl (C=O) groups is 1. The Morgan fingerprint density at radius 2 is 2.00 bits per heavy atom. The normalized spacial score (nSPS) is 13.7. The number of aromatic nitrogens is 1. The van der Waals surface area contributed by atoms with E-state index in [9.17, 15) is 14.1 Å². The Kier molecular flexibility index (Phi) is 7.31. The topological polar surface area (TPSA) is 121 Å². The smallest absolute Gasteiger partial charge is 0.408 e. The summed E-state index contributed by atoms with van der Waals surface area (Å²) in [4.78, 5) is 16.6. The zero-order chi connectivity index (χ0) is 20.0. The van der Waals surface area contributed by atoms with Gasteiger partial charge in [0.25, 0.3) is 11.3 Å². The van der Waals surface area contributed by atoms with Gasteiger partial charge in [-0.3, -0.25) is 9.27 Å². The maximum Gasteiger partial charge on any atom is 0.408 e. The van der Waals surface area contributed by atoms with E-state index >= 15 is 0 Å². The quantitative estimate of drug-likeness (QED) is 0.518. The van der Waals surface area contributed by atoms with Gasteiger partial charge >= 0.3 is 6.09 Å². The fraction of sp³-hybridized carbons (Fsp3) is 0.412. The van der Waals surface area contributed by atoms with E-state index in [1.807, 2.05) is 0 Å². The minimum absolute atomic E-state index is 0.172. The van der Waals surface area contributed by atoms with Gasteiger partial charge in [-0.2, -0.15) is 0 Å². The van der Waals surface area contributed by atoms with Gasteiger partial charge in [-0.1, -0.05) is 12.1 Å². The van der Waals surface area contributed by atoms with Crippen molar-refractivity contribution in [2.24, 2.45) is 0 Å². The molecule has 0 saturated carbocycles. The molecule has 8 nitrogen and oxygen atoms in total. The second-order valence-electron chi connectivity index (χ2n) is 6.79. The molecular formula is C17H23N3O5S2. The lowest BCUT2D eigenvalue weighted by atomic mass is 10.1. The number of alkyl carbamates (subject to hydrolysis) is 1. The molecule has 0 aliphatic rings. The number of hydrogen-bond acceptors (Lipinski definition) is 6. The second-order valence-corrected chi connectivity index (χ2v) is 8.38. The first-order chi connectivity index (χ1) is 12.7. The highest BCUT2D eigenvalue weighted by Gasteiger charge is 2.23. The highest BCUT2D eigenvalue weighted by molar-refractivity contribution is 7.80. The molecule has 27 heavy (non-hydrogen) atoms. The molecule has 0 saturated heterocycles. The molecule has 0 bridgehead atoms. The first-order valence-corrected chi connectivity index (χ1v) is 10.2. The van der Waals surface area contributed by atoms with Gasteiger partial charge in [0.1, 0.15) is 10.6 Å². The fourth-order valence-electron chi connectivity index (χ4n) is 2.25. The van der Waals surface area contributed by atoms with E-state index in [-0.39, 0.29) is 6.61 Å². The fourth-order valence-corrected chi connectivity index (χ4v) is 3.45. The van der Waals surface area contributed by atoms with Crippen LogP contribution in [0.15, 0.2) is 29.6 Å². The predicted octanol–water partition coefficient (Wildman–Crippen LogP) is 2.99.